The molecule has 0 unspecified atom stereocenters. The topological polar surface area (TPSA) is 42.4 Å². The summed E-state index contributed by atoms with van der Waals surface area (Å²) < 4.78 is 6.86. The number of ether oxygens (including phenoxy) is 1. The third kappa shape index (κ3) is 5.85. The normalized spacial score (nSPS) is 22.4. The van der Waals surface area contributed by atoms with Gasteiger partial charge in [0.25, 0.3) is 0 Å². The highest BCUT2D eigenvalue weighted by Gasteiger charge is 2.38. The maximum absolute atomic E-state index is 10.4. The Bertz CT molecular complexity index is 522. The summed E-state index contributed by atoms with van der Waals surface area (Å²) in [5.74, 6) is 2.18. The van der Waals surface area contributed by atoms with E-state index in [1.165, 1.54) is 32.1 Å². The molecule has 1 aliphatic carbocycles. The summed E-state index contributed by atoms with van der Waals surface area (Å²) in [6.45, 7) is 9.39. The Morgan fingerprint density at radius 2 is 1.88 bits per heavy atom. The Morgan fingerprint density at radius 1 is 1.25 bits per heavy atom. The molecule has 1 heterocycles. The lowest BCUT2D eigenvalue weighted by molar-refractivity contribution is 0.172. The summed E-state index contributed by atoms with van der Waals surface area (Å²) in [6.07, 6.45) is 9.26. The number of halogens is 1. The van der Waals surface area contributed by atoms with Gasteiger partial charge in [0.1, 0.15) is 0 Å². The van der Waals surface area contributed by atoms with E-state index in [0.717, 1.165) is 23.4 Å². The zero-order valence-electron chi connectivity index (χ0n) is 15.5. The minimum Gasteiger partial charge on any atom is -0.477 e. The molecule has 0 amide bonds. The summed E-state index contributed by atoms with van der Waals surface area (Å²) in [4.78, 5) is 14.7. The van der Waals surface area contributed by atoms with Crippen LogP contribution in [0.4, 0.5) is 0 Å². The molecule has 5 heteroatoms. The van der Waals surface area contributed by atoms with Gasteiger partial charge in [0, 0.05) is 16.7 Å². The molecule has 3 nitrogen and oxygen atoms in total. The SMILES string of the molecule is CC(C)(CC[C@H]1CC[C@H](COc2cc(Br)ccn2)CC1)[Si](C)(C)O. The van der Waals surface area contributed by atoms with Crippen molar-refractivity contribution in [1.29, 1.82) is 0 Å². The van der Waals surface area contributed by atoms with Gasteiger partial charge in [-0.2, -0.15) is 0 Å². The molecule has 0 aromatic carbocycles. The molecule has 1 N–H and O–H groups in total. The summed E-state index contributed by atoms with van der Waals surface area (Å²) in [5.41, 5.74) is 0. The smallest absolute Gasteiger partial charge is 0.214 e. The largest absolute Gasteiger partial charge is 0.477 e. The molecule has 1 aliphatic rings. The lowest BCUT2D eigenvalue weighted by atomic mass is 9.79. The zero-order valence-corrected chi connectivity index (χ0v) is 18.1. The van der Waals surface area contributed by atoms with E-state index in [1.807, 2.05) is 12.1 Å². The molecule has 24 heavy (non-hydrogen) atoms. The second kappa shape index (κ2) is 8.32. The first-order valence-electron chi connectivity index (χ1n) is 9.14. The quantitative estimate of drug-likeness (QED) is 0.575. The molecule has 0 radical (unpaired) electrons. The number of rotatable bonds is 7. The molecule has 0 spiro atoms. The lowest BCUT2D eigenvalue weighted by Gasteiger charge is -2.37. The van der Waals surface area contributed by atoms with Crippen LogP contribution in [0.3, 0.4) is 0 Å². The predicted octanol–water partition coefficient (Wildman–Crippen LogP) is 5.79. The van der Waals surface area contributed by atoms with Crippen molar-refractivity contribution in [2.75, 3.05) is 6.61 Å². The van der Waals surface area contributed by atoms with Gasteiger partial charge < -0.3 is 9.53 Å². The Labute approximate surface area is 156 Å². The fourth-order valence-electron chi connectivity index (χ4n) is 3.23. The first-order chi connectivity index (χ1) is 11.2. The fourth-order valence-corrected chi connectivity index (χ4v) is 4.30. The van der Waals surface area contributed by atoms with E-state index in [0.29, 0.717) is 11.8 Å². The van der Waals surface area contributed by atoms with Crippen LogP contribution in [0.15, 0.2) is 22.8 Å². The van der Waals surface area contributed by atoms with E-state index in [1.54, 1.807) is 6.20 Å². The molecule has 0 bridgehead atoms. The van der Waals surface area contributed by atoms with Crippen LogP contribution < -0.4 is 4.74 Å². The highest BCUT2D eigenvalue weighted by atomic mass is 79.9. The Hall–Kier alpha value is -0.393. The molecule has 0 atom stereocenters. The van der Waals surface area contributed by atoms with E-state index in [9.17, 15) is 4.80 Å². The summed E-state index contributed by atoms with van der Waals surface area (Å²) in [6, 6.07) is 3.84. The molecule has 1 fully saturated rings. The van der Waals surface area contributed by atoms with Crippen LogP contribution in [-0.2, 0) is 0 Å². The molecular weight excluding hydrogens is 382 g/mol. The van der Waals surface area contributed by atoms with Crippen LogP contribution in [0.1, 0.15) is 52.4 Å². The monoisotopic (exact) mass is 413 g/mol. The van der Waals surface area contributed by atoms with Crippen LogP contribution in [0.5, 0.6) is 5.88 Å². The van der Waals surface area contributed by atoms with Gasteiger partial charge in [-0.05, 0) is 55.3 Å². The van der Waals surface area contributed by atoms with Gasteiger partial charge in [0.15, 0.2) is 8.32 Å². The summed E-state index contributed by atoms with van der Waals surface area (Å²) >= 11 is 3.45. The maximum Gasteiger partial charge on any atom is 0.214 e. The summed E-state index contributed by atoms with van der Waals surface area (Å²) in [5, 5.41) is 0.110. The zero-order chi connectivity index (χ0) is 17.8. The van der Waals surface area contributed by atoms with Gasteiger partial charge in [0.2, 0.25) is 5.88 Å². The first kappa shape index (κ1) is 19.9. The summed E-state index contributed by atoms with van der Waals surface area (Å²) in [7, 11) is -2.07. The van der Waals surface area contributed by atoms with Gasteiger partial charge in [-0.3, -0.25) is 0 Å². The second-order valence-electron chi connectivity index (χ2n) is 8.49. The van der Waals surface area contributed by atoms with Crippen molar-refractivity contribution in [2.24, 2.45) is 11.8 Å². The number of pyridine rings is 1. The minimum atomic E-state index is -2.07. The van der Waals surface area contributed by atoms with Crippen molar-refractivity contribution in [3.05, 3.63) is 22.8 Å². The van der Waals surface area contributed by atoms with Crippen LogP contribution in [0.25, 0.3) is 0 Å². The van der Waals surface area contributed by atoms with Gasteiger partial charge >= 0.3 is 0 Å². The first-order valence-corrected chi connectivity index (χ1v) is 12.9. The maximum atomic E-state index is 10.4. The van der Waals surface area contributed by atoms with Crippen molar-refractivity contribution in [1.82, 2.24) is 4.98 Å². The third-order valence-electron chi connectivity index (χ3n) is 5.96. The predicted molar refractivity (Wildman–Crippen MR) is 106 cm³/mol. The lowest BCUT2D eigenvalue weighted by Crippen LogP contribution is -2.39. The van der Waals surface area contributed by atoms with Crippen molar-refractivity contribution in [3.63, 3.8) is 0 Å². The number of hydrogen-bond acceptors (Lipinski definition) is 3. The van der Waals surface area contributed by atoms with Gasteiger partial charge in [0.05, 0.1) is 6.61 Å². The Balaban J connectivity index is 1.70. The molecule has 0 saturated heterocycles. The standard InChI is InChI=1S/C19H32BrNO2Si/c1-19(2,24(3,4)22)11-9-15-5-7-16(8-6-15)14-23-18-13-17(20)10-12-21-18/h10,12-13,15-16,22H,5-9,11,14H2,1-4H3/t15-,16-. The Kier molecular flexibility index (Phi) is 6.91. The molecule has 0 aliphatic heterocycles. The molecule has 1 saturated carbocycles. The van der Waals surface area contributed by atoms with Crippen molar-refractivity contribution >= 4 is 24.2 Å². The molecule has 2 rings (SSSR count). The fraction of sp³-hybridized carbons (Fsp3) is 0.737. The van der Waals surface area contributed by atoms with Crippen molar-refractivity contribution in [2.45, 2.75) is 70.5 Å². The average Bonchev–Trinajstić information content (AvgIpc) is 2.51. The molecule has 1 aromatic rings. The van der Waals surface area contributed by atoms with Gasteiger partial charge in [-0.1, -0.05) is 49.0 Å². The van der Waals surface area contributed by atoms with E-state index < -0.39 is 8.32 Å². The second-order valence-corrected chi connectivity index (χ2v) is 13.9. The molecule has 136 valence electrons. The number of nitrogens with zero attached hydrogens (tertiary/aromatic N) is 1. The third-order valence-corrected chi connectivity index (χ3v) is 10.0. The van der Waals surface area contributed by atoms with Crippen LogP contribution in [0, 0.1) is 11.8 Å². The van der Waals surface area contributed by atoms with E-state index in [4.69, 9.17) is 4.74 Å². The highest BCUT2D eigenvalue weighted by molar-refractivity contribution is 9.10. The van der Waals surface area contributed by atoms with Crippen molar-refractivity contribution in [3.8, 4) is 5.88 Å². The van der Waals surface area contributed by atoms with E-state index in [2.05, 4.69) is 47.9 Å². The van der Waals surface area contributed by atoms with Crippen LogP contribution >= 0.6 is 15.9 Å². The van der Waals surface area contributed by atoms with Crippen molar-refractivity contribution < 1.29 is 9.53 Å². The van der Waals surface area contributed by atoms with E-state index in [-0.39, 0.29) is 5.04 Å². The minimum absolute atomic E-state index is 0.110. The average molecular weight is 414 g/mol. The van der Waals surface area contributed by atoms with Crippen LogP contribution in [0.2, 0.25) is 18.1 Å². The molecule has 1 aromatic heterocycles. The Morgan fingerprint density at radius 3 is 2.46 bits per heavy atom. The molecular formula is C19H32BrNO2Si. The van der Waals surface area contributed by atoms with Gasteiger partial charge in [-0.15, -0.1) is 0 Å². The number of hydrogen-bond donors (Lipinski definition) is 1. The van der Waals surface area contributed by atoms with Crippen LogP contribution in [-0.4, -0.2) is 24.7 Å². The van der Waals surface area contributed by atoms with Gasteiger partial charge in [-0.25, -0.2) is 4.98 Å². The number of aromatic nitrogens is 1. The highest BCUT2D eigenvalue weighted by Crippen LogP contribution is 2.43. The van der Waals surface area contributed by atoms with E-state index >= 15 is 0 Å².